The van der Waals surface area contributed by atoms with Crippen LogP contribution in [0.15, 0.2) is 127 Å². The first-order valence-corrected chi connectivity index (χ1v) is 46.9. The van der Waals surface area contributed by atoms with E-state index in [-0.39, 0.29) is 43.5 Å². The lowest BCUT2D eigenvalue weighted by atomic mass is 9.84. The van der Waals surface area contributed by atoms with Crippen molar-refractivity contribution in [1.29, 1.82) is 0 Å². The highest BCUT2D eigenvalue weighted by Crippen LogP contribution is 2.51. The SMILES string of the molecule is CC(C)C[C@H](C(=O)N[C@H]1C(=O)N[C@@H](CC(N)=O)C(=O)N[C@H]2C(=O)N[C@H]3C(=O)N[C@H](C(=O)N[C@H](C(=O)O)c4cc(O)cc(O)c4-c4cc3ccc4O)[C@H](O[C@H]3C[C@](C)(N)[C@@H](O)[C@H](C)O3)c3ccc(c(Cl)c3)Oc3cc2cc(c3OC2O[C@H](CO)[C@@H](O)[C@H](O)[C@H]2O[C@H]2C[C@](C)(NCc3ccc(-c4ccc(Cl)cc4)cc3)[C@@H](O)[C@H](C)O2)Oc2ccc(cc2Cl)[C@H]1O)N(C)C(=O)OCOC(=O)CNCCCNCCCN. The maximum absolute atomic E-state index is 16.8. The third-order valence-corrected chi connectivity index (χ3v) is 26.1. The van der Waals surface area contributed by atoms with Crippen molar-refractivity contribution in [3.05, 3.63) is 176 Å². The molecule has 0 aromatic heterocycles. The van der Waals surface area contributed by atoms with Crippen LogP contribution >= 0.6 is 34.8 Å². The van der Waals surface area contributed by atoms with Crippen LogP contribution in [-0.2, 0) is 82.9 Å². The number of hydrogen-bond acceptors (Lipinski definition) is 34. The third-order valence-electron chi connectivity index (χ3n) is 25.2. The molecular formula is C96H116Cl3N13O30. The summed E-state index contributed by atoms with van der Waals surface area (Å²) in [6.07, 6.45) is -24.0. The van der Waals surface area contributed by atoms with Gasteiger partial charge >= 0.3 is 18.0 Å². The van der Waals surface area contributed by atoms with Crippen LogP contribution in [0, 0.1) is 5.92 Å². The van der Waals surface area contributed by atoms with Crippen molar-refractivity contribution in [2.45, 2.75) is 220 Å². The van der Waals surface area contributed by atoms with Crippen molar-refractivity contribution in [3.63, 3.8) is 0 Å². The molecule has 0 saturated carbocycles. The fourth-order valence-electron chi connectivity index (χ4n) is 17.5. The van der Waals surface area contributed by atoms with Gasteiger partial charge in [-0.3, -0.25) is 43.3 Å². The van der Waals surface area contributed by atoms with Gasteiger partial charge in [0.2, 0.25) is 60.2 Å². The van der Waals surface area contributed by atoms with Gasteiger partial charge < -0.3 is 163 Å². The van der Waals surface area contributed by atoms with Crippen LogP contribution in [-0.4, -0.2) is 271 Å². The highest BCUT2D eigenvalue weighted by atomic mass is 35.5. The number of benzene rings is 7. The van der Waals surface area contributed by atoms with Crippen LogP contribution in [0.4, 0.5) is 4.79 Å². The van der Waals surface area contributed by atoms with Crippen LogP contribution in [0.5, 0.6) is 46.0 Å². The second-order valence-corrected chi connectivity index (χ2v) is 37.7. The molecule has 8 aliphatic heterocycles. The molecule has 1 unspecified atom stereocenters. The summed E-state index contributed by atoms with van der Waals surface area (Å²) in [4.78, 5) is 151. The molecule has 3 saturated heterocycles. The number of rotatable bonds is 30. The number of halogens is 3. The Morgan fingerprint density at radius 2 is 1.24 bits per heavy atom. The number of fused-ring (bicyclic) bond motifs is 15. The van der Waals surface area contributed by atoms with Gasteiger partial charge in [0.05, 0.1) is 54.0 Å². The molecule has 7 aromatic rings. The average molecular weight is 2040 g/mol. The number of carboxylic acids is 1. The first-order valence-electron chi connectivity index (χ1n) is 45.8. The number of carboxylic acid groups (broad SMARTS) is 1. The Morgan fingerprint density at radius 3 is 1.87 bits per heavy atom. The molecule has 0 aliphatic carbocycles. The highest BCUT2D eigenvalue weighted by molar-refractivity contribution is 6.32. The monoisotopic (exact) mass is 2040 g/mol. The molecule has 3 fully saturated rings. The Bertz CT molecular complexity index is 5780. The van der Waals surface area contributed by atoms with Gasteiger partial charge in [-0.05, 0) is 185 Å². The minimum absolute atomic E-state index is 0.167. The zero-order valence-corrected chi connectivity index (χ0v) is 80.4. The fraction of sp³-hybridized carbons (Fsp3) is 0.458. The van der Waals surface area contributed by atoms with E-state index in [1.807, 2.05) is 36.4 Å². The van der Waals surface area contributed by atoms with Gasteiger partial charge in [0.25, 0.3) is 0 Å². The smallest absolute Gasteiger partial charge is 0.413 e. The number of hydrogen-bond donors (Lipinski definition) is 22. The Kier molecular flexibility index (Phi) is 35.3. The number of nitrogens with zero attached hydrogens (tertiary/aromatic N) is 1. The average Bonchev–Trinajstić information content (AvgIpc) is 0.771. The van der Waals surface area contributed by atoms with E-state index in [0.717, 1.165) is 102 Å². The van der Waals surface area contributed by atoms with Crippen LogP contribution < -0.4 is 79.3 Å². The number of aliphatic carboxylic acids is 1. The molecular weight excluding hydrogens is 1920 g/mol. The van der Waals surface area contributed by atoms with Gasteiger partial charge in [0.1, 0.15) is 95.5 Å². The van der Waals surface area contributed by atoms with Crippen LogP contribution in [0.2, 0.25) is 15.1 Å². The largest absolute Gasteiger partial charge is 0.508 e. The lowest BCUT2D eigenvalue weighted by molar-refractivity contribution is -0.334. The number of aliphatic hydroxyl groups excluding tert-OH is 6. The summed E-state index contributed by atoms with van der Waals surface area (Å²) in [5.41, 5.74) is 14.8. The Hall–Kier alpha value is -11.9. The fourth-order valence-corrected chi connectivity index (χ4v) is 18.1. The molecule has 0 spiro atoms. The summed E-state index contributed by atoms with van der Waals surface area (Å²) in [6.45, 7) is 9.73. The number of ether oxygens (including phenoxy) is 10. The predicted octanol–water partition coefficient (Wildman–Crippen LogP) is 3.76. The normalized spacial score (nSPS) is 27.5. The van der Waals surface area contributed by atoms with Crippen molar-refractivity contribution < 1.29 is 146 Å². The lowest BCUT2D eigenvalue weighted by Gasteiger charge is -2.48. The van der Waals surface area contributed by atoms with Gasteiger partial charge in [0, 0.05) is 65.3 Å². The zero-order chi connectivity index (χ0) is 103. The van der Waals surface area contributed by atoms with Gasteiger partial charge in [-0.1, -0.05) is 103 Å². The minimum Gasteiger partial charge on any atom is -0.508 e. The van der Waals surface area contributed by atoms with E-state index in [4.69, 9.17) is 99.4 Å². The number of phenolic OH excluding ortho intramolecular Hbond substituents is 3. The first kappa shape index (κ1) is 107. The molecule has 46 heteroatoms. The van der Waals surface area contributed by atoms with Gasteiger partial charge in [-0.2, -0.15) is 0 Å². The maximum Gasteiger partial charge on any atom is 0.413 e. The van der Waals surface area contributed by atoms with Crippen LogP contribution in [0.25, 0.3) is 22.3 Å². The number of aliphatic hydroxyl groups is 6. The topological polar surface area (TPSA) is 655 Å². The molecule has 7 aromatic carbocycles. The molecule has 8 heterocycles. The molecule has 43 nitrogen and oxygen atoms in total. The number of aromatic hydroxyl groups is 3. The molecule has 22 atom stereocenters. The second kappa shape index (κ2) is 46.6. The quantitative estimate of drug-likeness (QED) is 0.0173. The summed E-state index contributed by atoms with van der Waals surface area (Å²) in [5.74, 6) is -18.5. The predicted molar refractivity (Wildman–Crippen MR) is 505 cm³/mol. The lowest BCUT2D eigenvalue weighted by Crippen LogP contribution is -2.65. The third kappa shape index (κ3) is 25.4. The number of likely N-dealkylation sites (N-methyl/N-ethyl adjacent to an activating group) is 1. The van der Waals surface area contributed by atoms with Crippen molar-refractivity contribution >= 4 is 94.2 Å². The van der Waals surface area contributed by atoms with E-state index < -0.39 is 302 Å². The standard InChI is InChI=1S/C96H116Cl3N13O30/c1-43(2)28-60(112(7)94(132)134-42-133-69(118)40-104-27-9-26-103-25-8-24-100)87(125)110-76-78(119)50-17-22-63(57(98)30-50)137-65-32-52-33-66(82(65)142-93-83(80(121)79(120)67(41-113)139-93)141-71-38-96(6,85(123)45(4)136-71)105-39-46-10-12-47(13-11-46)48-14-19-53(97)20-15-48)138-64-23-18-51(31-58(64)99)81(140-70-37-95(5,102)84(122)44(3)135-70)77-91(129)109-75(92(130)131)56-34-54(114)35-62(116)72(56)55-29-49(16-21-61(55)115)73(88(126)111-77)108-89(127)74(52)107-86(124)59(36-68(101)117)106-90(76)128/h10-23,29-35,43-45,59-60,67,70-71,73-81,83-85,93,103-105,113-116,119-123H,8-9,24-28,36-42,100,102H2,1-7H3,(H2,101,117)(H,106,128)(H,107,124)(H,108,127)(H,109,129)(H,110,125)(H,111,126)(H,130,131)/t44-,45-,59-,60+,67+,70-,71-,73+,74+,75-,76+,77-,78+,79+,80-,81+,83+,84-,85-,93?,95-,96-/m0/s1. The highest BCUT2D eigenvalue weighted by Gasteiger charge is 2.54. The molecule has 142 heavy (non-hydrogen) atoms. The number of carbonyl (C=O) groups is 10. The van der Waals surface area contributed by atoms with Crippen LogP contribution in [0.1, 0.15) is 144 Å². The van der Waals surface area contributed by atoms with Crippen molar-refractivity contribution in [2.75, 3.05) is 53.2 Å². The number of phenols is 3. The Balaban J connectivity index is 0.968. The molecule has 15 rings (SSSR count). The molecule has 8 amide bonds. The van der Waals surface area contributed by atoms with Gasteiger partial charge in [-0.25, -0.2) is 9.59 Å². The number of nitrogens with two attached hydrogens (primary N) is 3. The number of amides is 8. The molecule has 766 valence electrons. The van der Waals surface area contributed by atoms with E-state index in [1.54, 1.807) is 39.8 Å². The second-order valence-electron chi connectivity index (χ2n) is 36.5. The van der Waals surface area contributed by atoms with Crippen LogP contribution in [0.3, 0.4) is 0 Å². The van der Waals surface area contributed by atoms with E-state index >= 15 is 28.8 Å². The summed E-state index contributed by atoms with van der Waals surface area (Å²) in [6, 6.07) is 12.7. The molecule has 8 aliphatic rings. The minimum atomic E-state index is -2.49. The van der Waals surface area contributed by atoms with Gasteiger partial charge in [-0.15, -0.1) is 0 Å². The Morgan fingerprint density at radius 1 is 0.634 bits per heavy atom. The summed E-state index contributed by atoms with van der Waals surface area (Å²) in [5, 5.41) is 142. The summed E-state index contributed by atoms with van der Waals surface area (Å²) < 4.78 is 63.5. The molecule has 25 N–H and O–H groups in total. The number of esters is 1. The summed E-state index contributed by atoms with van der Waals surface area (Å²) in [7, 11) is 1.15. The number of carbonyl (C=O) groups excluding carboxylic acids is 9. The van der Waals surface area contributed by atoms with E-state index in [1.165, 1.54) is 26.0 Å². The molecule has 11 bridgehead atoms. The summed E-state index contributed by atoms with van der Waals surface area (Å²) >= 11 is 21.0. The van der Waals surface area contributed by atoms with Gasteiger partial charge in [0.15, 0.2) is 36.2 Å². The zero-order valence-electron chi connectivity index (χ0n) is 78.1. The maximum atomic E-state index is 16.8. The number of nitrogens with one attached hydrogen (secondary N) is 9. The molecule has 0 radical (unpaired) electrons. The van der Waals surface area contributed by atoms with Crippen molar-refractivity contribution in [3.8, 4) is 68.2 Å². The van der Waals surface area contributed by atoms with Crippen molar-refractivity contribution in [1.82, 2.24) is 52.8 Å². The first-order chi connectivity index (χ1) is 67.4. The van der Waals surface area contributed by atoms with Crippen molar-refractivity contribution in [2.24, 2.45) is 23.1 Å². The number of primary amides is 1. The Labute approximate surface area is 829 Å². The van der Waals surface area contributed by atoms with E-state index in [0.29, 0.717) is 37.6 Å². The van der Waals surface area contributed by atoms with E-state index in [9.17, 15) is 70.2 Å². The van der Waals surface area contributed by atoms with E-state index in [2.05, 4.69) is 47.9 Å².